The molecule has 1 aliphatic carbocycles. The first-order valence-corrected chi connectivity index (χ1v) is 6.97. The number of nitrogens with zero attached hydrogens (tertiary/aromatic N) is 1. The van der Waals surface area contributed by atoms with Gasteiger partial charge < -0.3 is 10.2 Å². The number of benzene rings is 1. The minimum atomic E-state index is -1.01. The lowest BCUT2D eigenvalue weighted by atomic mass is 9.82. The monoisotopic (exact) mass is 281 g/mol. The van der Waals surface area contributed by atoms with E-state index in [1.165, 1.54) is 29.2 Å². The third-order valence-corrected chi connectivity index (χ3v) is 4.03. The van der Waals surface area contributed by atoms with E-state index in [4.69, 9.17) is 5.11 Å². The van der Waals surface area contributed by atoms with Crippen molar-refractivity contribution in [2.24, 2.45) is 11.8 Å². The highest BCUT2D eigenvalue weighted by atomic mass is 19.1. The van der Waals surface area contributed by atoms with Gasteiger partial charge in [0.15, 0.2) is 0 Å². The van der Waals surface area contributed by atoms with Crippen LogP contribution in [0.4, 0.5) is 14.9 Å². The zero-order chi connectivity index (χ0) is 14.5. The Morgan fingerprint density at radius 1 is 1.15 bits per heavy atom. The molecule has 1 aromatic carbocycles. The molecule has 2 rings (SSSR count). The van der Waals surface area contributed by atoms with Crippen molar-refractivity contribution in [1.29, 1.82) is 0 Å². The summed E-state index contributed by atoms with van der Waals surface area (Å²) in [4.78, 5) is 12.7. The lowest BCUT2D eigenvalue weighted by molar-refractivity contribution is 0.165. The summed E-state index contributed by atoms with van der Waals surface area (Å²) in [5, 5.41) is 18.4. The van der Waals surface area contributed by atoms with Crippen LogP contribution in [0, 0.1) is 17.7 Å². The molecule has 0 heterocycles. The Balaban J connectivity index is 2.00. The van der Waals surface area contributed by atoms with E-state index >= 15 is 0 Å². The standard InChI is InChI=1S/C15H20FNO3/c16-13-5-7-14(8-6-13)17(15(19)20)9-11-1-3-12(10-18)4-2-11/h5-8,11-12,18H,1-4,9-10H2,(H,19,20). The molecule has 1 aliphatic rings. The largest absolute Gasteiger partial charge is 0.465 e. The molecular formula is C15H20FNO3. The summed E-state index contributed by atoms with van der Waals surface area (Å²) >= 11 is 0. The highest BCUT2D eigenvalue weighted by Gasteiger charge is 2.25. The molecule has 20 heavy (non-hydrogen) atoms. The lowest BCUT2D eigenvalue weighted by Gasteiger charge is -2.31. The molecule has 0 aromatic heterocycles. The Kier molecular flexibility index (Phi) is 4.95. The van der Waals surface area contributed by atoms with Crippen LogP contribution in [0.25, 0.3) is 0 Å². The number of carbonyl (C=O) groups is 1. The van der Waals surface area contributed by atoms with Crippen molar-refractivity contribution in [2.75, 3.05) is 18.1 Å². The summed E-state index contributed by atoms with van der Waals surface area (Å²) < 4.78 is 12.9. The minimum absolute atomic E-state index is 0.216. The fourth-order valence-corrected chi connectivity index (χ4v) is 2.77. The van der Waals surface area contributed by atoms with Gasteiger partial charge in [-0.05, 0) is 61.8 Å². The highest BCUT2D eigenvalue weighted by molar-refractivity contribution is 5.85. The fourth-order valence-electron chi connectivity index (χ4n) is 2.77. The molecule has 1 amide bonds. The van der Waals surface area contributed by atoms with Crippen LogP contribution < -0.4 is 4.90 Å². The molecule has 1 saturated carbocycles. The van der Waals surface area contributed by atoms with E-state index < -0.39 is 6.09 Å². The van der Waals surface area contributed by atoms with E-state index in [1.54, 1.807) is 0 Å². The van der Waals surface area contributed by atoms with Crippen molar-refractivity contribution in [3.63, 3.8) is 0 Å². The number of aliphatic hydroxyl groups excluding tert-OH is 1. The van der Waals surface area contributed by atoms with E-state index in [-0.39, 0.29) is 12.4 Å². The predicted octanol–water partition coefficient (Wildman–Crippen LogP) is 3.11. The molecule has 110 valence electrons. The second kappa shape index (κ2) is 6.70. The maximum absolute atomic E-state index is 12.9. The average molecular weight is 281 g/mol. The maximum Gasteiger partial charge on any atom is 0.411 e. The second-order valence-electron chi connectivity index (χ2n) is 5.44. The van der Waals surface area contributed by atoms with E-state index in [0.717, 1.165) is 25.7 Å². The van der Waals surface area contributed by atoms with Crippen LogP contribution in [0.2, 0.25) is 0 Å². The van der Waals surface area contributed by atoms with Crippen LogP contribution in [0.1, 0.15) is 25.7 Å². The minimum Gasteiger partial charge on any atom is -0.465 e. The number of amides is 1. The zero-order valence-corrected chi connectivity index (χ0v) is 11.3. The van der Waals surface area contributed by atoms with E-state index in [1.807, 2.05) is 0 Å². The second-order valence-corrected chi connectivity index (χ2v) is 5.44. The fraction of sp³-hybridized carbons (Fsp3) is 0.533. The summed E-state index contributed by atoms with van der Waals surface area (Å²) in [5.41, 5.74) is 0.503. The summed E-state index contributed by atoms with van der Waals surface area (Å²) in [7, 11) is 0. The number of rotatable bonds is 4. The molecule has 5 heteroatoms. The Morgan fingerprint density at radius 2 is 1.70 bits per heavy atom. The summed E-state index contributed by atoms with van der Waals surface area (Å²) in [6.45, 7) is 0.645. The molecule has 0 atom stereocenters. The van der Waals surface area contributed by atoms with E-state index in [2.05, 4.69) is 0 Å². The molecule has 0 unspecified atom stereocenters. The van der Waals surface area contributed by atoms with Gasteiger partial charge in [0.05, 0.1) is 0 Å². The van der Waals surface area contributed by atoms with Gasteiger partial charge in [-0.15, -0.1) is 0 Å². The molecule has 4 nitrogen and oxygen atoms in total. The van der Waals surface area contributed by atoms with Crippen LogP contribution >= 0.6 is 0 Å². The Bertz CT molecular complexity index is 441. The predicted molar refractivity (Wildman–Crippen MR) is 74.3 cm³/mol. The smallest absolute Gasteiger partial charge is 0.411 e. The van der Waals surface area contributed by atoms with Crippen molar-refractivity contribution >= 4 is 11.8 Å². The molecule has 1 fully saturated rings. The number of anilines is 1. The van der Waals surface area contributed by atoms with Crippen LogP contribution in [0.3, 0.4) is 0 Å². The van der Waals surface area contributed by atoms with Gasteiger partial charge in [0.25, 0.3) is 0 Å². The quantitative estimate of drug-likeness (QED) is 0.891. The molecule has 2 N–H and O–H groups in total. The molecule has 1 aromatic rings. The van der Waals surface area contributed by atoms with Crippen molar-refractivity contribution in [3.8, 4) is 0 Å². The SMILES string of the molecule is O=C(O)N(CC1CCC(CO)CC1)c1ccc(F)cc1. The zero-order valence-electron chi connectivity index (χ0n) is 11.3. The van der Waals surface area contributed by atoms with E-state index in [0.29, 0.717) is 24.1 Å². The normalized spacial score (nSPS) is 22.5. The van der Waals surface area contributed by atoms with Gasteiger partial charge >= 0.3 is 6.09 Å². The third kappa shape index (κ3) is 3.70. The van der Waals surface area contributed by atoms with Crippen molar-refractivity contribution < 1.29 is 19.4 Å². The number of aliphatic hydroxyl groups is 1. The number of hydrogen-bond donors (Lipinski definition) is 2. The summed E-state index contributed by atoms with van der Waals surface area (Å²) in [6.07, 6.45) is 2.73. The lowest BCUT2D eigenvalue weighted by Crippen LogP contribution is -2.35. The summed E-state index contributed by atoms with van der Waals surface area (Å²) in [5.74, 6) is 0.289. The molecule has 0 saturated heterocycles. The van der Waals surface area contributed by atoms with Gasteiger partial charge in [-0.1, -0.05) is 0 Å². The van der Waals surface area contributed by atoms with Crippen LogP contribution in [-0.4, -0.2) is 29.5 Å². The number of hydrogen-bond acceptors (Lipinski definition) is 2. The van der Waals surface area contributed by atoms with Gasteiger partial charge in [-0.2, -0.15) is 0 Å². The van der Waals surface area contributed by atoms with Gasteiger partial charge in [0, 0.05) is 18.8 Å². The van der Waals surface area contributed by atoms with Gasteiger partial charge in [0.1, 0.15) is 5.82 Å². The molecule has 0 radical (unpaired) electrons. The maximum atomic E-state index is 12.9. The molecule has 0 bridgehead atoms. The average Bonchev–Trinajstić information content (AvgIpc) is 2.46. The van der Waals surface area contributed by atoms with Gasteiger partial charge in [-0.25, -0.2) is 9.18 Å². The Labute approximate surface area is 117 Å². The third-order valence-electron chi connectivity index (χ3n) is 4.03. The van der Waals surface area contributed by atoms with Crippen LogP contribution in [0.15, 0.2) is 24.3 Å². The topological polar surface area (TPSA) is 60.8 Å². The molecular weight excluding hydrogens is 261 g/mol. The number of halogens is 1. The van der Waals surface area contributed by atoms with Crippen LogP contribution in [-0.2, 0) is 0 Å². The number of carboxylic acid groups (broad SMARTS) is 1. The van der Waals surface area contributed by atoms with Crippen LogP contribution in [0.5, 0.6) is 0 Å². The Hall–Kier alpha value is -1.62. The first-order valence-electron chi connectivity index (χ1n) is 6.97. The molecule has 0 spiro atoms. The highest BCUT2D eigenvalue weighted by Crippen LogP contribution is 2.30. The first kappa shape index (κ1) is 14.8. The van der Waals surface area contributed by atoms with Gasteiger partial charge in [0.2, 0.25) is 0 Å². The molecule has 0 aliphatic heterocycles. The Morgan fingerprint density at radius 3 is 2.20 bits per heavy atom. The van der Waals surface area contributed by atoms with E-state index in [9.17, 15) is 14.3 Å². The van der Waals surface area contributed by atoms with Crippen molar-refractivity contribution in [3.05, 3.63) is 30.1 Å². The van der Waals surface area contributed by atoms with Crippen molar-refractivity contribution in [2.45, 2.75) is 25.7 Å². The van der Waals surface area contributed by atoms with Gasteiger partial charge in [-0.3, -0.25) is 4.90 Å². The summed E-state index contributed by atoms with van der Waals surface area (Å²) in [6, 6.07) is 5.52. The first-order chi connectivity index (χ1) is 9.60. The van der Waals surface area contributed by atoms with Crippen molar-refractivity contribution in [1.82, 2.24) is 0 Å².